The van der Waals surface area contributed by atoms with Crippen molar-refractivity contribution in [2.75, 3.05) is 11.4 Å². The van der Waals surface area contributed by atoms with Crippen LogP contribution in [-0.2, 0) is 0 Å². The van der Waals surface area contributed by atoms with E-state index in [1.54, 1.807) is 0 Å². The average molecular weight is 309 g/mol. The van der Waals surface area contributed by atoms with Gasteiger partial charge in [-0.05, 0) is 56.2 Å². The minimum Gasteiger partial charge on any atom is -0.368 e. The maximum Gasteiger partial charge on any atom is 0.0428 e. The summed E-state index contributed by atoms with van der Waals surface area (Å²) in [7, 11) is 0. The van der Waals surface area contributed by atoms with E-state index in [9.17, 15) is 0 Å². The molecule has 18 heavy (non-hydrogen) atoms. The predicted octanol–water partition coefficient (Wildman–Crippen LogP) is 3.85. The molecule has 2 N–H and O–H groups in total. The van der Waals surface area contributed by atoms with Gasteiger partial charge in [0.05, 0.1) is 0 Å². The normalized spacial score (nSPS) is 20.8. The first-order valence-corrected chi connectivity index (χ1v) is 7.76. The Kier molecular flexibility index (Phi) is 3.37. The molecule has 2 fully saturated rings. The molecule has 0 bridgehead atoms. The van der Waals surface area contributed by atoms with Crippen molar-refractivity contribution in [2.24, 2.45) is 11.7 Å². The Hall–Kier alpha value is -0.540. The summed E-state index contributed by atoms with van der Waals surface area (Å²) < 4.78 is 1.16. The SMILES string of the molecule is CC(N)c1ccc(Br)cc1N(CC1CC1)C1CC1. The Bertz CT molecular complexity index is 436. The third-order valence-electron chi connectivity index (χ3n) is 3.93. The number of anilines is 1. The van der Waals surface area contributed by atoms with Crippen LogP contribution in [0.1, 0.15) is 44.2 Å². The number of hydrogen-bond acceptors (Lipinski definition) is 2. The third-order valence-corrected chi connectivity index (χ3v) is 4.43. The van der Waals surface area contributed by atoms with Gasteiger partial charge in [0.15, 0.2) is 0 Å². The van der Waals surface area contributed by atoms with E-state index in [-0.39, 0.29) is 6.04 Å². The van der Waals surface area contributed by atoms with Crippen LogP contribution in [-0.4, -0.2) is 12.6 Å². The zero-order valence-electron chi connectivity index (χ0n) is 10.9. The summed E-state index contributed by atoms with van der Waals surface area (Å²) >= 11 is 3.60. The number of rotatable bonds is 5. The smallest absolute Gasteiger partial charge is 0.0428 e. The lowest BCUT2D eigenvalue weighted by atomic mass is 10.1. The molecule has 0 aliphatic heterocycles. The van der Waals surface area contributed by atoms with Crippen LogP contribution >= 0.6 is 15.9 Å². The predicted molar refractivity (Wildman–Crippen MR) is 79.8 cm³/mol. The summed E-state index contributed by atoms with van der Waals surface area (Å²) in [4.78, 5) is 2.61. The van der Waals surface area contributed by atoms with Crippen molar-refractivity contribution >= 4 is 21.6 Å². The Morgan fingerprint density at radius 3 is 2.61 bits per heavy atom. The van der Waals surface area contributed by atoms with E-state index in [2.05, 4.69) is 46.0 Å². The monoisotopic (exact) mass is 308 g/mol. The molecule has 1 unspecified atom stereocenters. The van der Waals surface area contributed by atoms with E-state index < -0.39 is 0 Å². The van der Waals surface area contributed by atoms with Crippen molar-refractivity contribution in [3.8, 4) is 0 Å². The molecule has 2 aliphatic rings. The molecule has 1 aromatic carbocycles. The summed E-state index contributed by atoms with van der Waals surface area (Å²) in [6.07, 6.45) is 5.50. The van der Waals surface area contributed by atoms with Gasteiger partial charge in [-0.2, -0.15) is 0 Å². The Labute approximate surface area is 118 Å². The van der Waals surface area contributed by atoms with Gasteiger partial charge in [-0.1, -0.05) is 22.0 Å². The van der Waals surface area contributed by atoms with Gasteiger partial charge in [-0.25, -0.2) is 0 Å². The first kappa shape index (κ1) is 12.5. The van der Waals surface area contributed by atoms with Crippen molar-refractivity contribution in [1.82, 2.24) is 0 Å². The summed E-state index contributed by atoms with van der Waals surface area (Å²) in [6.45, 7) is 3.30. The molecule has 1 aromatic rings. The number of hydrogen-bond donors (Lipinski definition) is 1. The summed E-state index contributed by atoms with van der Waals surface area (Å²) in [5, 5.41) is 0. The van der Waals surface area contributed by atoms with Gasteiger partial charge in [-0.15, -0.1) is 0 Å². The van der Waals surface area contributed by atoms with Crippen molar-refractivity contribution < 1.29 is 0 Å². The van der Waals surface area contributed by atoms with Crippen LogP contribution in [0, 0.1) is 5.92 Å². The van der Waals surface area contributed by atoms with Crippen molar-refractivity contribution in [3.05, 3.63) is 28.2 Å². The molecule has 0 saturated heterocycles. The van der Waals surface area contributed by atoms with Crippen LogP contribution < -0.4 is 10.6 Å². The standard InChI is InChI=1S/C15H21BrN2/c1-10(17)14-7-4-12(16)8-15(14)18(13-5-6-13)9-11-2-3-11/h4,7-8,10-11,13H,2-3,5-6,9,17H2,1H3. The molecule has 2 saturated carbocycles. The van der Waals surface area contributed by atoms with Gasteiger partial charge in [0.25, 0.3) is 0 Å². The van der Waals surface area contributed by atoms with Gasteiger partial charge in [-0.3, -0.25) is 0 Å². The number of halogens is 1. The molecule has 0 heterocycles. The Morgan fingerprint density at radius 1 is 1.33 bits per heavy atom. The maximum atomic E-state index is 6.13. The van der Waals surface area contributed by atoms with Crippen LogP contribution in [0.5, 0.6) is 0 Å². The zero-order valence-corrected chi connectivity index (χ0v) is 12.5. The molecule has 3 heteroatoms. The fourth-order valence-corrected chi connectivity index (χ4v) is 2.91. The summed E-state index contributed by atoms with van der Waals surface area (Å²) in [5.41, 5.74) is 8.77. The highest BCUT2D eigenvalue weighted by Gasteiger charge is 2.35. The highest BCUT2D eigenvalue weighted by molar-refractivity contribution is 9.10. The van der Waals surface area contributed by atoms with Gasteiger partial charge in [0.2, 0.25) is 0 Å². The van der Waals surface area contributed by atoms with Crippen LogP contribution in [0.4, 0.5) is 5.69 Å². The molecular formula is C15H21BrN2. The quantitative estimate of drug-likeness (QED) is 0.895. The Morgan fingerprint density at radius 2 is 2.06 bits per heavy atom. The molecule has 0 spiro atoms. The lowest BCUT2D eigenvalue weighted by molar-refractivity contribution is 0.705. The van der Waals surface area contributed by atoms with Crippen LogP contribution in [0.3, 0.4) is 0 Å². The van der Waals surface area contributed by atoms with E-state index in [4.69, 9.17) is 5.73 Å². The number of nitrogens with two attached hydrogens (primary N) is 1. The highest BCUT2D eigenvalue weighted by atomic mass is 79.9. The van der Waals surface area contributed by atoms with E-state index in [0.29, 0.717) is 0 Å². The number of nitrogens with zero attached hydrogens (tertiary/aromatic N) is 1. The first-order valence-electron chi connectivity index (χ1n) is 6.97. The average Bonchev–Trinajstić information content (AvgIpc) is 3.18. The topological polar surface area (TPSA) is 29.3 Å². The van der Waals surface area contributed by atoms with Crippen molar-refractivity contribution in [3.63, 3.8) is 0 Å². The largest absolute Gasteiger partial charge is 0.368 e. The fraction of sp³-hybridized carbons (Fsp3) is 0.600. The van der Waals surface area contributed by atoms with Gasteiger partial charge in [0.1, 0.15) is 0 Å². The second-order valence-corrected chi connectivity index (χ2v) is 6.73. The van der Waals surface area contributed by atoms with Crippen molar-refractivity contribution in [1.29, 1.82) is 0 Å². The molecule has 1 atom stereocenters. The van der Waals surface area contributed by atoms with E-state index >= 15 is 0 Å². The minimum absolute atomic E-state index is 0.105. The van der Waals surface area contributed by atoms with Gasteiger partial charge in [0, 0.05) is 28.8 Å². The molecule has 2 aliphatic carbocycles. The minimum atomic E-state index is 0.105. The Balaban J connectivity index is 1.92. The van der Waals surface area contributed by atoms with Crippen LogP contribution in [0.2, 0.25) is 0 Å². The fourth-order valence-electron chi connectivity index (χ4n) is 2.56. The van der Waals surface area contributed by atoms with E-state index in [1.165, 1.54) is 43.5 Å². The molecule has 2 nitrogen and oxygen atoms in total. The van der Waals surface area contributed by atoms with Crippen molar-refractivity contribution in [2.45, 2.75) is 44.7 Å². The van der Waals surface area contributed by atoms with Gasteiger partial charge < -0.3 is 10.6 Å². The van der Waals surface area contributed by atoms with E-state index in [1.807, 2.05) is 0 Å². The second-order valence-electron chi connectivity index (χ2n) is 5.82. The zero-order chi connectivity index (χ0) is 12.7. The lowest BCUT2D eigenvalue weighted by Gasteiger charge is -2.28. The molecule has 0 aromatic heterocycles. The van der Waals surface area contributed by atoms with Gasteiger partial charge >= 0.3 is 0 Å². The lowest BCUT2D eigenvalue weighted by Crippen LogP contribution is -2.29. The first-order chi connectivity index (χ1) is 8.65. The van der Waals surface area contributed by atoms with E-state index in [0.717, 1.165) is 16.4 Å². The number of benzene rings is 1. The maximum absolute atomic E-state index is 6.13. The van der Waals surface area contributed by atoms with Crippen LogP contribution in [0.15, 0.2) is 22.7 Å². The molecule has 98 valence electrons. The molecule has 3 rings (SSSR count). The molecular weight excluding hydrogens is 288 g/mol. The summed E-state index contributed by atoms with van der Waals surface area (Å²) in [6, 6.07) is 7.39. The van der Waals surface area contributed by atoms with Crippen LogP contribution in [0.25, 0.3) is 0 Å². The summed E-state index contributed by atoms with van der Waals surface area (Å²) in [5.74, 6) is 0.922. The molecule has 0 amide bonds. The third kappa shape index (κ3) is 2.72. The second kappa shape index (κ2) is 4.86. The molecule has 0 radical (unpaired) electrons. The highest BCUT2D eigenvalue weighted by Crippen LogP contribution is 2.40.